The molecule has 1 aliphatic heterocycles. The highest BCUT2D eigenvalue weighted by Gasteiger charge is 2.33. The molecule has 1 N–H and O–H groups in total. The highest BCUT2D eigenvalue weighted by atomic mass is 16.5. The van der Waals surface area contributed by atoms with Crippen LogP contribution in [0.1, 0.15) is 70.4 Å². The van der Waals surface area contributed by atoms with Gasteiger partial charge in [-0.2, -0.15) is 9.78 Å². The average Bonchev–Trinajstić information content (AvgIpc) is 3.57. The Bertz CT molecular complexity index is 1500. The summed E-state index contributed by atoms with van der Waals surface area (Å²) in [5.74, 6) is 4.64. The second-order valence-electron chi connectivity index (χ2n) is 12.6. The number of morpholine rings is 1. The smallest absolute Gasteiger partial charge is 0.242 e. The van der Waals surface area contributed by atoms with Gasteiger partial charge in [0.05, 0.1) is 26.3 Å². The fraction of sp³-hybridized carbons (Fsp3) is 0.613. The van der Waals surface area contributed by atoms with Crippen LogP contribution in [0.15, 0.2) is 30.3 Å². The van der Waals surface area contributed by atoms with Crippen LogP contribution in [0.2, 0.25) is 0 Å². The van der Waals surface area contributed by atoms with Gasteiger partial charge in [-0.1, -0.05) is 56.5 Å². The summed E-state index contributed by atoms with van der Waals surface area (Å²) < 4.78 is 8.44. The molecule has 222 valence electrons. The molecule has 2 aliphatic carbocycles. The molecular weight excluding hydrogens is 528 g/mol. The predicted octanol–water partition coefficient (Wildman–Crippen LogP) is 5.02. The van der Waals surface area contributed by atoms with E-state index in [1.54, 1.807) is 7.05 Å². The molecule has 2 saturated carbocycles. The second kappa shape index (κ2) is 11.6. The SMILES string of the molecule is C[C@@H](Nc1nc(-c2nnn(C)n2)nc2nc(N3CCOC[C@H]3c3ccccc3)n(C[C@H]3CC[C@H](C)CC3)c12)C1CCC1. The van der Waals surface area contributed by atoms with Crippen LogP contribution in [0.3, 0.4) is 0 Å². The number of hydrogen-bond donors (Lipinski definition) is 1. The van der Waals surface area contributed by atoms with E-state index >= 15 is 0 Å². The lowest BCUT2D eigenvalue weighted by molar-refractivity contribution is 0.0927. The predicted molar refractivity (Wildman–Crippen MR) is 162 cm³/mol. The minimum atomic E-state index is 0.0706. The van der Waals surface area contributed by atoms with E-state index in [0.717, 1.165) is 36.3 Å². The minimum absolute atomic E-state index is 0.0706. The minimum Gasteiger partial charge on any atom is -0.377 e. The number of anilines is 2. The Labute approximate surface area is 247 Å². The van der Waals surface area contributed by atoms with Crippen molar-refractivity contribution in [2.75, 3.05) is 30.0 Å². The van der Waals surface area contributed by atoms with Gasteiger partial charge in [0.1, 0.15) is 5.52 Å². The summed E-state index contributed by atoms with van der Waals surface area (Å²) in [5.41, 5.74) is 2.88. The molecular formula is C31H42N10O. The van der Waals surface area contributed by atoms with Crippen molar-refractivity contribution >= 4 is 22.9 Å². The first-order valence-electron chi connectivity index (χ1n) is 15.7. The Hall–Kier alpha value is -3.60. The molecule has 42 heavy (non-hydrogen) atoms. The van der Waals surface area contributed by atoms with Gasteiger partial charge in [-0.05, 0) is 61.1 Å². The van der Waals surface area contributed by atoms with Gasteiger partial charge in [0.25, 0.3) is 0 Å². The molecule has 1 saturated heterocycles. The van der Waals surface area contributed by atoms with Crippen LogP contribution in [0, 0.1) is 17.8 Å². The van der Waals surface area contributed by atoms with Gasteiger partial charge in [-0.25, -0.2) is 9.97 Å². The molecule has 2 atom stereocenters. The van der Waals surface area contributed by atoms with E-state index in [-0.39, 0.29) is 6.04 Å². The summed E-state index contributed by atoms with van der Waals surface area (Å²) in [7, 11) is 1.76. The van der Waals surface area contributed by atoms with Crippen LogP contribution in [0.5, 0.6) is 0 Å². The number of aromatic nitrogens is 8. The average molecular weight is 571 g/mol. The van der Waals surface area contributed by atoms with Crippen LogP contribution in [-0.2, 0) is 18.3 Å². The molecule has 4 aromatic rings. The van der Waals surface area contributed by atoms with Crippen molar-refractivity contribution in [1.82, 2.24) is 39.7 Å². The number of aryl methyl sites for hydroxylation is 1. The fourth-order valence-electron chi connectivity index (χ4n) is 6.83. The van der Waals surface area contributed by atoms with Gasteiger partial charge >= 0.3 is 0 Å². The molecule has 4 heterocycles. The summed E-state index contributed by atoms with van der Waals surface area (Å²) >= 11 is 0. The lowest BCUT2D eigenvalue weighted by atomic mass is 9.80. The monoisotopic (exact) mass is 570 g/mol. The number of imidazole rings is 1. The van der Waals surface area contributed by atoms with Gasteiger partial charge in [0.15, 0.2) is 11.5 Å². The van der Waals surface area contributed by atoms with E-state index in [0.29, 0.717) is 48.4 Å². The highest BCUT2D eigenvalue weighted by molar-refractivity contribution is 5.87. The zero-order valence-corrected chi connectivity index (χ0v) is 25.0. The van der Waals surface area contributed by atoms with Crippen molar-refractivity contribution < 1.29 is 4.74 Å². The molecule has 0 amide bonds. The molecule has 3 fully saturated rings. The first-order chi connectivity index (χ1) is 20.5. The largest absolute Gasteiger partial charge is 0.377 e. The molecule has 1 aromatic carbocycles. The number of ether oxygens (including phenoxy) is 1. The number of rotatable bonds is 8. The van der Waals surface area contributed by atoms with E-state index in [1.165, 1.54) is 55.3 Å². The summed E-state index contributed by atoms with van der Waals surface area (Å²) in [5, 5.41) is 16.5. The fourth-order valence-corrected chi connectivity index (χ4v) is 6.83. The highest BCUT2D eigenvalue weighted by Crippen LogP contribution is 2.38. The second-order valence-corrected chi connectivity index (χ2v) is 12.6. The van der Waals surface area contributed by atoms with Gasteiger partial charge < -0.3 is 19.5 Å². The van der Waals surface area contributed by atoms with E-state index in [1.807, 2.05) is 0 Å². The van der Waals surface area contributed by atoms with E-state index in [2.05, 4.69) is 74.4 Å². The molecule has 3 aromatic heterocycles. The van der Waals surface area contributed by atoms with Crippen LogP contribution >= 0.6 is 0 Å². The van der Waals surface area contributed by atoms with Crippen molar-refractivity contribution in [2.45, 2.75) is 77.4 Å². The van der Waals surface area contributed by atoms with Crippen LogP contribution in [-0.4, -0.2) is 65.5 Å². The van der Waals surface area contributed by atoms with Gasteiger partial charge in [0.2, 0.25) is 17.6 Å². The zero-order chi connectivity index (χ0) is 28.6. The number of nitrogens with one attached hydrogen (secondary N) is 1. The number of nitrogens with zero attached hydrogens (tertiary/aromatic N) is 9. The molecule has 0 unspecified atom stereocenters. The Morgan fingerprint density at radius 2 is 1.81 bits per heavy atom. The number of hydrogen-bond acceptors (Lipinski definition) is 9. The zero-order valence-electron chi connectivity index (χ0n) is 25.0. The van der Waals surface area contributed by atoms with E-state index in [4.69, 9.17) is 19.7 Å². The Morgan fingerprint density at radius 3 is 2.52 bits per heavy atom. The quantitative estimate of drug-likeness (QED) is 0.312. The van der Waals surface area contributed by atoms with Crippen molar-refractivity contribution in [2.24, 2.45) is 24.8 Å². The number of fused-ring (bicyclic) bond motifs is 1. The Balaban J connectivity index is 1.37. The standard InChI is InChI=1S/C31H42N10O/c1-20-12-14-22(15-13-20)18-41-26-27(32-21(2)23-10-7-11-23)33-29(30-36-38-39(3)37-30)34-28(26)35-31(41)40-16-17-42-19-25(40)24-8-5-4-6-9-24/h4-6,8-9,20-23,25H,7,10-19H2,1-3H3,(H,32,33,34)/t20-,21-,22-,25+/m1/s1. The lowest BCUT2D eigenvalue weighted by Gasteiger charge is -2.37. The van der Waals surface area contributed by atoms with Crippen LogP contribution in [0.25, 0.3) is 22.8 Å². The first-order valence-corrected chi connectivity index (χ1v) is 15.7. The van der Waals surface area contributed by atoms with Gasteiger partial charge in [0, 0.05) is 19.1 Å². The molecule has 11 nitrogen and oxygen atoms in total. The normalized spacial score (nSPS) is 24.1. The third-order valence-electron chi connectivity index (χ3n) is 9.66. The van der Waals surface area contributed by atoms with Crippen LogP contribution in [0.4, 0.5) is 11.8 Å². The van der Waals surface area contributed by atoms with E-state index in [9.17, 15) is 0 Å². The van der Waals surface area contributed by atoms with E-state index < -0.39 is 0 Å². The third-order valence-corrected chi connectivity index (χ3v) is 9.66. The molecule has 0 radical (unpaired) electrons. The first kappa shape index (κ1) is 27.2. The molecule has 3 aliphatic rings. The Kier molecular flexibility index (Phi) is 7.52. The van der Waals surface area contributed by atoms with Crippen molar-refractivity contribution in [3.05, 3.63) is 35.9 Å². The van der Waals surface area contributed by atoms with Crippen LogP contribution < -0.4 is 10.2 Å². The molecule has 0 bridgehead atoms. The maximum atomic E-state index is 6.02. The van der Waals surface area contributed by atoms with Crippen molar-refractivity contribution in [3.8, 4) is 11.6 Å². The third kappa shape index (κ3) is 5.34. The maximum Gasteiger partial charge on any atom is 0.242 e. The summed E-state index contributed by atoms with van der Waals surface area (Å²) in [6.45, 7) is 7.60. The molecule has 11 heteroatoms. The lowest BCUT2D eigenvalue weighted by Crippen LogP contribution is -2.41. The topological polar surface area (TPSA) is 112 Å². The Morgan fingerprint density at radius 1 is 1.00 bits per heavy atom. The molecule has 7 rings (SSSR count). The summed E-state index contributed by atoms with van der Waals surface area (Å²) in [6.07, 6.45) is 8.81. The number of tetrazole rings is 1. The van der Waals surface area contributed by atoms with Crippen molar-refractivity contribution in [1.29, 1.82) is 0 Å². The number of benzene rings is 1. The van der Waals surface area contributed by atoms with Gasteiger partial charge in [-0.15, -0.1) is 10.2 Å². The summed E-state index contributed by atoms with van der Waals surface area (Å²) in [6, 6.07) is 11.0. The maximum absolute atomic E-state index is 6.02. The summed E-state index contributed by atoms with van der Waals surface area (Å²) in [4.78, 5) is 19.2. The van der Waals surface area contributed by atoms with Gasteiger partial charge in [-0.3, -0.25) is 0 Å². The van der Waals surface area contributed by atoms with Crippen molar-refractivity contribution in [3.63, 3.8) is 0 Å². The molecule has 0 spiro atoms.